The Hall–Kier alpha value is -4.08. The number of amides is 1. The standard InChI is InChI=1S/C28H30F2N8O4S/c29-20-6-7-23(30)34-25(20)26-21(14-38(35-26)19-4-2-1-3-5-19)32-27(40)22-16-43-28(33-22)18-12-31-37(13-18)17-42-24(39)15-36-8-10-41-11-9-36/h6-7,12-14,16,19H,1-5,8-11,15,17H2,(H,32,40). The third kappa shape index (κ3) is 6.95. The molecule has 1 amide bonds. The van der Waals surface area contributed by atoms with Gasteiger partial charge in [0.15, 0.2) is 12.5 Å². The Balaban J connectivity index is 1.14. The van der Waals surface area contributed by atoms with Gasteiger partial charge in [-0.3, -0.25) is 19.2 Å². The topological polar surface area (TPSA) is 129 Å². The highest BCUT2D eigenvalue weighted by Crippen LogP contribution is 2.34. The molecule has 43 heavy (non-hydrogen) atoms. The highest BCUT2D eigenvalue weighted by atomic mass is 32.1. The molecule has 0 bridgehead atoms. The third-order valence-electron chi connectivity index (χ3n) is 7.40. The van der Waals surface area contributed by atoms with E-state index in [1.54, 1.807) is 28.7 Å². The first-order valence-corrected chi connectivity index (χ1v) is 15.0. The Morgan fingerprint density at radius 3 is 2.70 bits per heavy atom. The monoisotopic (exact) mass is 612 g/mol. The Kier molecular flexibility index (Phi) is 8.81. The van der Waals surface area contributed by atoms with E-state index in [1.165, 1.54) is 16.0 Å². The van der Waals surface area contributed by atoms with Crippen LogP contribution < -0.4 is 5.32 Å². The number of halogens is 2. The predicted octanol–water partition coefficient (Wildman–Crippen LogP) is 4.13. The van der Waals surface area contributed by atoms with Crippen molar-refractivity contribution < 1.29 is 27.8 Å². The average Bonchev–Trinajstić information content (AvgIpc) is 3.79. The SMILES string of the molecule is O=C(CN1CCOCC1)OCn1cc(-c2nc(C(=O)Nc3cn(C4CCCCC4)nc3-c3nc(F)ccc3F)cs2)cn1. The fraction of sp³-hybridized carbons (Fsp3) is 0.429. The molecular weight excluding hydrogens is 582 g/mol. The van der Waals surface area contributed by atoms with Gasteiger partial charge in [0.2, 0.25) is 5.95 Å². The van der Waals surface area contributed by atoms with Crippen LogP contribution in [0, 0.1) is 11.8 Å². The largest absolute Gasteiger partial charge is 0.441 e. The molecule has 1 aliphatic heterocycles. The quantitative estimate of drug-likeness (QED) is 0.219. The van der Waals surface area contributed by atoms with E-state index < -0.39 is 17.7 Å². The van der Waals surface area contributed by atoms with Crippen LogP contribution in [0.15, 0.2) is 36.1 Å². The molecule has 1 aliphatic carbocycles. The van der Waals surface area contributed by atoms with Crippen molar-refractivity contribution in [1.82, 2.24) is 34.4 Å². The van der Waals surface area contributed by atoms with E-state index in [0.29, 0.717) is 36.9 Å². The van der Waals surface area contributed by atoms with Crippen LogP contribution in [0.1, 0.15) is 48.6 Å². The summed E-state index contributed by atoms with van der Waals surface area (Å²) in [6, 6.07) is 2.01. The molecule has 0 atom stereocenters. The first-order chi connectivity index (χ1) is 20.9. The summed E-state index contributed by atoms with van der Waals surface area (Å²) >= 11 is 1.24. The third-order valence-corrected chi connectivity index (χ3v) is 8.29. The minimum atomic E-state index is -0.850. The minimum absolute atomic E-state index is 0.0517. The maximum Gasteiger partial charge on any atom is 0.321 e. The molecule has 12 nitrogen and oxygen atoms in total. The number of rotatable bonds is 9. The van der Waals surface area contributed by atoms with E-state index in [4.69, 9.17) is 9.47 Å². The van der Waals surface area contributed by atoms with Crippen LogP contribution >= 0.6 is 11.3 Å². The van der Waals surface area contributed by atoms with E-state index in [1.807, 2.05) is 4.90 Å². The van der Waals surface area contributed by atoms with Crippen molar-refractivity contribution in [3.05, 3.63) is 53.6 Å². The molecule has 1 saturated carbocycles. The summed E-state index contributed by atoms with van der Waals surface area (Å²) in [4.78, 5) is 35.6. The van der Waals surface area contributed by atoms with Gasteiger partial charge in [0.1, 0.15) is 22.1 Å². The molecule has 6 rings (SSSR count). The van der Waals surface area contributed by atoms with Crippen LogP contribution in [-0.2, 0) is 21.0 Å². The minimum Gasteiger partial charge on any atom is -0.441 e. The molecule has 2 aliphatic rings. The molecule has 5 heterocycles. The summed E-state index contributed by atoms with van der Waals surface area (Å²) in [5.41, 5.74) is 0.769. The molecule has 0 aromatic carbocycles. The Morgan fingerprint density at radius 1 is 1.07 bits per heavy atom. The molecular formula is C28H30F2N8O4S. The van der Waals surface area contributed by atoms with Gasteiger partial charge in [-0.2, -0.15) is 14.6 Å². The van der Waals surface area contributed by atoms with Crippen LogP contribution in [0.25, 0.3) is 22.0 Å². The molecule has 0 radical (unpaired) electrons. The second-order valence-electron chi connectivity index (χ2n) is 10.4. The number of hydrogen-bond donors (Lipinski definition) is 1. The van der Waals surface area contributed by atoms with Gasteiger partial charge in [-0.15, -0.1) is 11.3 Å². The molecule has 4 aromatic rings. The van der Waals surface area contributed by atoms with Gasteiger partial charge in [-0.25, -0.2) is 19.0 Å². The zero-order chi connectivity index (χ0) is 29.8. The molecule has 4 aromatic heterocycles. The zero-order valence-electron chi connectivity index (χ0n) is 23.2. The number of ether oxygens (including phenoxy) is 2. The normalized spacial score (nSPS) is 16.3. The number of hydrogen-bond acceptors (Lipinski definition) is 10. The average molecular weight is 613 g/mol. The van der Waals surface area contributed by atoms with Gasteiger partial charge in [-0.1, -0.05) is 19.3 Å². The molecule has 1 saturated heterocycles. The van der Waals surface area contributed by atoms with Crippen LogP contribution in [0.3, 0.4) is 0 Å². The van der Waals surface area contributed by atoms with Crippen LogP contribution in [-0.4, -0.2) is 79.2 Å². The van der Waals surface area contributed by atoms with Crippen molar-refractivity contribution in [2.75, 3.05) is 38.2 Å². The van der Waals surface area contributed by atoms with Gasteiger partial charge in [-0.05, 0) is 25.0 Å². The molecule has 15 heteroatoms. The Labute approximate surface area is 249 Å². The summed E-state index contributed by atoms with van der Waals surface area (Å²) in [6.45, 7) is 2.69. The van der Waals surface area contributed by atoms with E-state index in [0.717, 1.165) is 44.2 Å². The summed E-state index contributed by atoms with van der Waals surface area (Å²) in [7, 11) is 0. The smallest absolute Gasteiger partial charge is 0.321 e. The molecule has 1 N–H and O–H groups in total. The summed E-state index contributed by atoms with van der Waals surface area (Å²) in [5.74, 6) is -2.48. The summed E-state index contributed by atoms with van der Waals surface area (Å²) < 4.78 is 42.5. The number of aromatic nitrogens is 6. The van der Waals surface area contributed by atoms with E-state index in [-0.39, 0.29) is 48.1 Å². The lowest BCUT2D eigenvalue weighted by Crippen LogP contribution is -2.40. The molecule has 0 unspecified atom stereocenters. The van der Waals surface area contributed by atoms with Crippen LogP contribution in [0.4, 0.5) is 14.5 Å². The maximum atomic E-state index is 14.7. The predicted molar refractivity (Wildman–Crippen MR) is 152 cm³/mol. The number of nitrogens with zero attached hydrogens (tertiary/aromatic N) is 7. The number of carbonyl (C=O) groups excluding carboxylic acids is 2. The highest BCUT2D eigenvalue weighted by Gasteiger charge is 2.24. The number of nitrogens with one attached hydrogen (secondary N) is 1. The molecule has 2 fully saturated rings. The lowest BCUT2D eigenvalue weighted by atomic mass is 9.96. The lowest BCUT2D eigenvalue weighted by molar-refractivity contribution is -0.150. The lowest BCUT2D eigenvalue weighted by Gasteiger charge is -2.25. The number of esters is 1. The first-order valence-electron chi connectivity index (χ1n) is 14.1. The van der Waals surface area contributed by atoms with E-state index in [9.17, 15) is 18.4 Å². The number of carbonyl (C=O) groups is 2. The van der Waals surface area contributed by atoms with Gasteiger partial charge in [0.05, 0.1) is 37.7 Å². The zero-order valence-corrected chi connectivity index (χ0v) is 24.1. The second-order valence-corrected chi connectivity index (χ2v) is 11.3. The number of thiazole rings is 1. The van der Waals surface area contributed by atoms with Crippen molar-refractivity contribution in [3.63, 3.8) is 0 Å². The number of anilines is 1. The fourth-order valence-corrected chi connectivity index (χ4v) is 5.92. The molecule has 226 valence electrons. The summed E-state index contributed by atoms with van der Waals surface area (Å²) in [6.07, 6.45) is 9.93. The first kappa shape index (κ1) is 29.0. The van der Waals surface area contributed by atoms with Gasteiger partial charge in [0, 0.05) is 36.4 Å². The maximum absolute atomic E-state index is 14.7. The summed E-state index contributed by atoms with van der Waals surface area (Å²) in [5, 5.41) is 13.7. The second kappa shape index (κ2) is 13.1. The number of pyridine rings is 1. The van der Waals surface area contributed by atoms with Gasteiger partial charge in [0.25, 0.3) is 5.91 Å². The van der Waals surface area contributed by atoms with Crippen molar-refractivity contribution >= 4 is 28.9 Å². The van der Waals surface area contributed by atoms with Crippen LogP contribution in [0.2, 0.25) is 0 Å². The van der Waals surface area contributed by atoms with Gasteiger partial charge >= 0.3 is 5.97 Å². The van der Waals surface area contributed by atoms with E-state index in [2.05, 4.69) is 25.5 Å². The highest BCUT2D eigenvalue weighted by molar-refractivity contribution is 7.13. The van der Waals surface area contributed by atoms with Crippen molar-refractivity contribution in [2.45, 2.75) is 44.9 Å². The number of morpholine rings is 1. The van der Waals surface area contributed by atoms with E-state index >= 15 is 0 Å². The van der Waals surface area contributed by atoms with Crippen molar-refractivity contribution in [2.24, 2.45) is 0 Å². The fourth-order valence-electron chi connectivity index (χ4n) is 5.14. The van der Waals surface area contributed by atoms with Crippen LogP contribution in [0.5, 0.6) is 0 Å². The Bertz CT molecular complexity index is 1590. The van der Waals surface area contributed by atoms with Crippen molar-refractivity contribution in [3.8, 4) is 22.0 Å². The van der Waals surface area contributed by atoms with Crippen molar-refractivity contribution in [1.29, 1.82) is 0 Å². The molecule has 0 spiro atoms. The van der Waals surface area contributed by atoms with Gasteiger partial charge < -0.3 is 14.8 Å². The Morgan fingerprint density at radius 2 is 1.88 bits per heavy atom.